The largest absolute Gasteiger partial charge is 0.486 e. The molecule has 1 heterocycles. The van der Waals surface area contributed by atoms with Crippen molar-refractivity contribution in [2.75, 3.05) is 6.61 Å². The molecule has 0 aliphatic heterocycles. The number of ether oxygens (including phenoxy) is 1. The molecule has 32 heavy (non-hydrogen) atoms. The van der Waals surface area contributed by atoms with Gasteiger partial charge in [-0.15, -0.1) is 0 Å². The number of Topliss-reactive ketones (excluding diaryl/α,β-unsaturated/α-hetero) is 1. The van der Waals surface area contributed by atoms with E-state index < -0.39 is 5.60 Å². The lowest BCUT2D eigenvalue weighted by Crippen LogP contribution is -2.15. The molecular formula is C26H24BrNO4. The van der Waals surface area contributed by atoms with Gasteiger partial charge in [0.15, 0.2) is 11.4 Å². The molecule has 0 aliphatic rings. The number of nitrogens with zero attached hydrogens (tertiary/aromatic N) is 1. The monoisotopic (exact) mass is 493 g/mol. The number of benzene rings is 3. The van der Waals surface area contributed by atoms with Gasteiger partial charge in [0.2, 0.25) is 5.89 Å². The summed E-state index contributed by atoms with van der Waals surface area (Å²) in [5.74, 6) is 1.19. The zero-order valence-corrected chi connectivity index (χ0v) is 19.8. The van der Waals surface area contributed by atoms with Gasteiger partial charge in [-0.2, -0.15) is 0 Å². The first-order valence-electron chi connectivity index (χ1n) is 10.3. The molecule has 0 aliphatic carbocycles. The average Bonchev–Trinajstić information content (AvgIpc) is 3.16. The van der Waals surface area contributed by atoms with E-state index in [2.05, 4.69) is 20.9 Å². The number of ketones is 1. The predicted octanol–water partition coefficient (Wildman–Crippen LogP) is 5.98. The third-order valence-corrected chi connectivity index (χ3v) is 5.66. The Morgan fingerprint density at radius 1 is 1.12 bits per heavy atom. The van der Waals surface area contributed by atoms with Crippen molar-refractivity contribution in [2.45, 2.75) is 32.8 Å². The summed E-state index contributed by atoms with van der Waals surface area (Å²) in [5.41, 5.74) is 3.51. The predicted molar refractivity (Wildman–Crippen MR) is 128 cm³/mol. The SMILES string of the molecule is Cc1ccccc1OCC(=O)Cc1ccc(-c2nc3cc(Br)cc(C(C)(C)O)c3o2)cc1. The van der Waals surface area contributed by atoms with Crippen molar-refractivity contribution in [2.24, 2.45) is 0 Å². The number of rotatable bonds is 7. The molecule has 0 unspecified atom stereocenters. The molecule has 1 aromatic heterocycles. The lowest BCUT2D eigenvalue weighted by Gasteiger charge is -2.17. The van der Waals surface area contributed by atoms with Crippen LogP contribution in [-0.4, -0.2) is 22.5 Å². The van der Waals surface area contributed by atoms with Gasteiger partial charge in [-0.05, 0) is 62.2 Å². The molecule has 1 N–H and O–H groups in total. The third-order valence-electron chi connectivity index (χ3n) is 5.20. The molecule has 5 nitrogen and oxygen atoms in total. The number of aliphatic hydroxyl groups is 1. The summed E-state index contributed by atoms with van der Waals surface area (Å²) >= 11 is 3.47. The van der Waals surface area contributed by atoms with Crippen molar-refractivity contribution in [1.29, 1.82) is 0 Å². The second-order valence-corrected chi connectivity index (χ2v) is 9.26. The van der Waals surface area contributed by atoms with Gasteiger partial charge in [-0.1, -0.05) is 46.3 Å². The molecule has 0 fully saturated rings. The summed E-state index contributed by atoms with van der Waals surface area (Å²) < 4.78 is 12.5. The Labute approximate surface area is 195 Å². The van der Waals surface area contributed by atoms with E-state index in [1.54, 1.807) is 13.8 Å². The zero-order valence-electron chi connectivity index (χ0n) is 18.2. The number of para-hydroxylation sites is 1. The summed E-state index contributed by atoms with van der Waals surface area (Å²) in [6.07, 6.45) is 0.287. The van der Waals surface area contributed by atoms with Crippen LogP contribution in [0.1, 0.15) is 30.5 Å². The van der Waals surface area contributed by atoms with Crippen molar-refractivity contribution >= 4 is 32.8 Å². The molecule has 164 valence electrons. The van der Waals surface area contributed by atoms with Crippen LogP contribution in [0.3, 0.4) is 0 Å². The first-order valence-corrected chi connectivity index (χ1v) is 11.1. The maximum absolute atomic E-state index is 12.3. The van der Waals surface area contributed by atoms with E-state index in [4.69, 9.17) is 9.15 Å². The number of aromatic nitrogens is 1. The number of aryl methyl sites for hydroxylation is 1. The summed E-state index contributed by atoms with van der Waals surface area (Å²) in [6.45, 7) is 5.41. The van der Waals surface area contributed by atoms with Crippen LogP contribution in [0, 0.1) is 6.92 Å². The van der Waals surface area contributed by atoms with Crippen molar-refractivity contribution in [3.05, 3.63) is 81.8 Å². The Bertz CT molecular complexity index is 1270. The highest BCUT2D eigenvalue weighted by molar-refractivity contribution is 9.10. The zero-order chi connectivity index (χ0) is 22.9. The summed E-state index contributed by atoms with van der Waals surface area (Å²) in [6, 6.07) is 18.9. The Kier molecular flexibility index (Phi) is 6.17. The molecule has 4 aromatic rings. The first kappa shape index (κ1) is 22.2. The fraction of sp³-hybridized carbons (Fsp3) is 0.231. The number of carbonyl (C=O) groups is 1. The van der Waals surface area contributed by atoms with Crippen LogP contribution in [0.4, 0.5) is 0 Å². The van der Waals surface area contributed by atoms with Crippen LogP contribution < -0.4 is 4.74 Å². The Hall–Kier alpha value is -2.96. The Morgan fingerprint density at radius 3 is 2.53 bits per heavy atom. The van der Waals surface area contributed by atoms with Crippen molar-refractivity contribution < 1.29 is 19.1 Å². The van der Waals surface area contributed by atoms with Crippen LogP contribution in [0.2, 0.25) is 0 Å². The summed E-state index contributed by atoms with van der Waals surface area (Å²) in [4.78, 5) is 16.9. The lowest BCUT2D eigenvalue weighted by molar-refractivity contribution is -0.120. The second-order valence-electron chi connectivity index (χ2n) is 8.35. The van der Waals surface area contributed by atoms with Gasteiger partial charge < -0.3 is 14.3 Å². The van der Waals surface area contributed by atoms with E-state index in [1.807, 2.05) is 67.6 Å². The van der Waals surface area contributed by atoms with Crippen molar-refractivity contribution in [3.63, 3.8) is 0 Å². The minimum Gasteiger partial charge on any atom is -0.486 e. The van der Waals surface area contributed by atoms with Crippen LogP contribution in [0.15, 0.2) is 69.6 Å². The fourth-order valence-corrected chi connectivity index (χ4v) is 3.94. The quantitative estimate of drug-likeness (QED) is 0.342. The molecule has 3 aromatic carbocycles. The molecule has 0 amide bonds. The molecule has 0 saturated heterocycles. The maximum atomic E-state index is 12.3. The highest BCUT2D eigenvalue weighted by Gasteiger charge is 2.23. The molecule has 0 atom stereocenters. The number of carbonyl (C=O) groups excluding carboxylic acids is 1. The molecule has 6 heteroatoms. The number of halogens is 1. The van der Waals surface area contributed by atoms with E-state index in [0.717, 1.165) is 26.9 Å². The standard InChI is InChI=1S/C26H24BrNO4/c1-16-6-4-5-7-23(16)31-15-20(29)12-17-8-10-18(11-9-17)25-28-22-14-19(27)13-21(24(22)32-25)26(2,3)30/h4-11,13-14,30H,12,15H2,1-3H3. The van der Waals surface area contributed by atoms with E-state index in [1.165, 1.54) is 0 Å². The molecule has 0 bridgehead atoms. The van der Waals surface area contributed by atoms with Gasteiger partial charge in [0, 0.05) is 22.0 Å². The lowest BCUT2D eigenvalue weighted by atomic mass is 9.98. The summed E-state index contributed by atoms with van der Waals surface area (Å²) in [7, 11) is 0. The smallest absolute Gasteiger partial charge is 0.227 e. The summed E-state index contributed by atoms with van der Waals surface area (Å²) in [5, 5.41) is 10.5. The van der Waals surface area contributed by atoms with Gasteiger partial charge in [0.05, 0.1) is 5.60 Å². The number of hydrogen-bond acceptors (Lipinski definition) is 5. The average molecular weight is 494 g/mol. The van der Waals surface area contributed by atoms with Crippen molar-refractivity contribution in [1.82, 2.24) is 4.98 Å². The van der Waals surface area contributed by atoms with Crippen LogP contribution in [0.5, 0.6) is 5.75 Å². The van der Waals surface area contributed by atoms with Gasteiger partial charge in [0.25, 0.3) is 0 Å². The van der Waals surface area contributed by atoms with Gasteiger partial charge in [0.1, 0.15) is 17.9 Å². The fourth-order valence-electron chi connectivity index (χ4n) is 3.50. The molecule has 0 radical (unpaired) electrons. The third kappa shape index (κ3) is 4.92. The number of fused-ring (bicyclic) bond motifs is 1. The molecule has 4 rings (SSSR count). The van der Waals surface area contributed by atoms with E-state index >= 15 is 0 Å². The first-order chi connectivity index (χ1) is 15.2. The number of oxazole rings is 1. The van der Waals surface area contributed by atoms with Crippen LogP contribution >= 0.6 is 15.9 Å². The second kappa shape index (κ2) is 8.88. The minimum absolute atomic E-state index is 0.00235. The molecular weight excluding hydrogens is 470 g/mol. The van der Waals surface area contributed by atoms with Crippen LogP contribution in [-0.2, 0) is 16.8 Å². The van der Waals surface area contributed by atoms with E-state index in [9.17, 15) is 9.90 Å². The van der Waals surface area contributed by atoms with Gasteiger partial charge in [-0.3, -0.25) is 4.79 Å². The van der Waals surface area contributed by atoms with Crippen molar-refractivity contribution in [3.8, 4) is 17.2 Å². The van der Waals surface area contributed by atoms with Gasteiger partial charge >= 0.3 is 0 Å². The highest BCUT2D eigenvalue weighted by atomic mass is 79.9. The van der Waals surface area contributed by atoms with Crippen LogP contribution in [0.25, 0.3) is 22.6 Å². The van der Waals surface area contributed by atoms with E-state index in [0.29, 0.717) is 22.6 Å². The Morgan fingerprint density at radius 2 is 1.84 bits per heavy atom. The molecule has 0 saturated carbocycles. The maximum Gasteiger partial charge on any atom is 0.227 e. The Balaban J connectivity index is 1.48. The topological polar surface area (TPSA) is 72.6 Å². The minimum atomic E-state index is -1.07. The number of hydrogen-bond donors (Lipinski definition) is 1. The normalized spacial score (nSPS) is 11.7. The molecule has 0 spiro atoms. The van der Waals surface area contributed by atoms with E-state index in [-0.39, 0.29) is 18.8 Å². The van der Waals surface area contributed by atoms with Gasteiger partial charge in [-0.25, -0.2) is 4.98 Å². The highest BCUT2D eigenvalue weighted by Crippen LogP contribution is 2.34.